The normalized spacial score (nSPS) is 21.2. The van der Waals surface area contributed by atoms with Crippen LogP contribution in [0.4, 0.5) is 0 Å². The molecule has 1 atom stereocenters. The fraction of sp³-hybridized carbons (Fsp3) is 0.619. The number of amides is 2. The molecule has 3 rings (SSSR count). The Balaban J connectivity index is 1.47. The SMILES string of the molecule is Cc1ccccc1OC1CCN(C(=O)C2CC(=O)N(CCN(C)C)C2)CC1. The van der Waals surface area contributed by atoms with E-state index in [4.69, 9.17) is 4.74 Å². The maximum Gasteiger partial charge on any atom is 0.227 e. The van der Waals surface area contributed by atoms with Crippen molar-refractivity contribution in [2.45, 2.75) is 32.3 Å². The largest absolute Gasteiger partial charge is 0.490 e. The van der Waals surface area contributed by atoms with Crippen LogP contribution in [-0.2, 0) is 9.59 Å². The molecule has 2 saturated heterocycles. The number of piperidine rings is 1. The Morgan fingerprint density at radius 3 is 2.59 bits per heavy atom. The third kappa shape index (κ3) is 5.01. The number of rotatable bonds is 6. The van der Waals surface area contributed by atoms with Crippen molar-refractivity contribution in [1.29, 1.82) is 0 Å². The van der Waals surface area contributed by atoms with Crippen molar-refractivity contribution >= 4 is 11.8 Å². The maximum absolute atomic E-state index is 12.8. The summed E-state index contributed by atoms with van der Waals surface area (Å²) < 4.78 is 6.12. The standard InChI is InChI=1S/C21H31N3O3/c1-16-6-4-5-7-19(16)27-18-8-10-23(11-9-18)21(26)17-14-20(25)24(15-17)13-12-22(2)3/h4-7,17-18H,8-15H2,1-3H3. The Hall–Kier alpha value is -2.08. The molecular formula is C21H31N3O3. The second-order valence-electron chi connectivity index (χ2n) is 7.95. The maximum atomic E-state index is 12.8. The number of likely N-dealkylation sites (tertiary alicyclic amines) is 2. The van der Waals surface area contributed by atoms with Gasteiger partial charge in [-0.15, -0.1) is 0 Å². The van der Waals surface area contributed by atoms with Crippen molar-refractivity contribution in [3.63, 3.8) is 0 Å². The third-order valence-corrected chi connectivity index (χ3v) is 5.52. The van der Waals surface area contributed by atoms with Gasteiger partial charge in [0.15, 0.2) is 0 Å². The summed E-state index contributed by atoms with van der Waals surface area (Å²) in [5.41, 5.74) is 1.14. The number of carbonyl (C=O) groups is 2. The molecule has 0 aliphatic carbocycles. The van der Waals surface area contributed by atoms with E-state index in [1.807, 2.05) is 55.1 Å². The number of para-hydroxylation sites is 1. The first-order chi connectivity index (χ1) is 12.9. The molecule has 27 heavy (non-hydrogen) atoms. The van der Waals surface area contributed by atoms with E-state index in [9.17, 15) is 9.59 Å². The smallest absolute Gasteiger partial charge is 0.227 e. The Bertz CT molecular complexity index is 668. The predicted octanol–water partition coefficient (Wildman–Crippen LogP) is 1.77. The van der Waals surface area contributed by atoms with Crippen molar-refractivity contribution in [2.24, 2.45) is 5.92 Å². The van der Waals surface area contributed by atoms with E-state index >= 15 is 0 Å². The quantitative estimate of drug-likeness (QED) is 0.763. The van der Waals surface area contributed by atoms with Gasteiger partial charge in [-0.3, -0.25) is 9.59 Å². The molecule has 0 radical (unpaired) electrons. The average molecular weight is 373 g/mol. The molecule has 2 amide bonds. The Kier molecular flexibility index (Phi) is 6.37. The summed E-state index contributed by atoms with van der Waals surface area (Å²) in [5.74, 6) is 0.978. The number of hydrogen-bond acceptors (Lipinski definition) is 4. The second kappa shape index (κ2) is 8.74. The summed E-state index contributed by atoms with van der Waals surface area (Å²) in [6.07, 6.45) is 2.18. The van der Waals surface area contributed by atoms with E-state index in [1.54, 1.807) is 0 Å². The molecular weight excluding hydrogens is 342 g/mol. The molecule has 2 aliphatic heterocycles. The van der Waals surface area contributed by atoms with Gasteiger partial charge >= 0.3 is 0 Å². The lowest BCUT2D eigenvalue weighted by molar-refractivity contribution is -0.137. The highest BCUT2D eigenvalue weighted by Crippen LogP contribution is 2.25. The summed E-state index contributed by atoms with van der Waals surface area (Å²) in [6.45, 7) is 5.55. The summed E-state index contributed by atoms with van der Waals surface area (Å²) in [5, 5.41) is 0. The molecule has 2 fully saturated rings. The highest BCUT2D eigenvalue weighted by molar-refractivity contribution is 5.89. The number of likely N-dealkylation sites (N-methyl/N-ethyl adjacent to an activating group) is 1. The van der Waals surface area contributed by atoms with Crippen molar-refractivity contribution in [1.82, 2.24) is 14.7 Å². The fourth-order valence-electron chi connectivity index (χ4n) is 3.79. The highest BCUT2D eigenvalue weighted by atomic mass is 16.5. The van der Waals surface area contributed by atoms with Gasteiger partial charge in [-0.1, -0.05) is 18.2 Å². The molecule has 0 saturated carbocycles. The molecule has 0 bridgehead atoms. The van der Waals surface area contributed by atoms with Crippen molar-refractivity contribution in [3.05, 3.63) is 29.8 Å². The number of ether oxygens (including phenoxy) is 1. The predicted molar refractivity (Wildman–Crippen MR) is 105 cm³/mol. The van der Waals surface area contributed by atoms with Gasteiger partial charge in [-0.05, 0) is 32.6 Å². The fourth-order valence-corrected chi connectivity index (χ4v) is 3.79. The highest BCUT2D eigenvalue weighted by Gasteiger charge is 2.37. The van der Waals surface area contributed by atoms with Crippen LogP contribution < -0.4 is 4.74 Å². The minimum absolute atomic E-state index is 0.105. The van der Waals surface area contributed by atoms with Crippen LogP contribution in [0, 0.1) is 12.8 Å². The number of aryl methyl sites for hydroxylation is 1. The van der Waals surface area contributed by atoms with Gasteiger partial charge in [-0.2, -0.15) is 0 Å². The molecule has 1 aromatic rings. The lowest BCUT2D eigenvalue weighted by Crippen LogP contribution is -2.45. The minimum Gasteiger partial charge on any atom is -0.490 e. The topological polar surface area (TPSA) is 53.1 Å². The van der Waals surface area contributed by atoms with Gasteiger partial charge in [0.05, 0.1) is 5.92 Å². The Labute approximate surface area is 162 Å². The van der Waals surface area contributed by atoms with E-state index < -0.39 is 0 Å². The van der Waals surface area contributed by atoms with Gasteiger partial charge in [0.1, 0.15) is 11.9 Å². The van der Waals surface area contributed by atoms with Gasteiger partial charge < -0.3 is 19.4 Å². The van der Waals surface area contributed by atoms with Crippen molar-refractivity contribution in [3.8, 4) is 5.75 Å². The van der Waals surface area contributed by atoms with Crippen LogP contribution in [0.3, 0.4) is 0 Å². The minimum atomic E-state index is -0.187. The van der Waals surface area contributed by atoms with Crippen LogP contribution in [0.2, 0.25) is 0 Å². The van der Waals surface area contributed by atoms with E-state index in [0.717, 1.165) is 30.7 Å². The first-order valence-corrected chi connectivity index (χ1v) is 9.87. The molecule has 6 heteroatoms. The van der Waals surface area contributed by atoms with Crippen molar-refractivity contribution in [2.75, 3.05) is 46.8 Å². The zero-order valence-electron chi connectivity index (χ0n) is 16.7. The molecule has 2 aliphatic rings. The van der Waals surface area contributed by atoms with Crippen LogP contribution in [-0.4, -0.2) is 79.4 Å². The first kappa shape index (κ1) is 19.7. The molecule has 1 unspecified atom stereocenters. The summed E-state index contributed by atoms with van der Waals surface area (Å²) in [7, 11) is 3.98. The van der Waals surface area contributed by atoms with Gasteiger partial charge in [-0.25, -0.2) is 0 Å². The van der Waals surface area contributed by atoms with Crippen LogP contribution in [0.25, 0.3) is 0 Å². The summed E-state index contributed by atoms with van der Waals surface area (Å²) in [4.78, 5) is 30.8. The van der Waals surface area contributed by atoms with Crippen LogP contribution >= 0.6 is 0 Å². The molecule has 6 nitrogen and oxygen atoms in total. The number of nitrogens with zero attached hydrogens (tertiary/aromatic N) is 3. The lowest BCUT2D eigenvalue weighted by atomic mass is 10.0. The van der Waals surface area contributed by atoms with Gasteiger partial charge in [0.2, 0.25) is 11.8 Å². The first-order valence-electron chi connectivity index (χ1n) is 9.87. The van der Waals surface area contributed by atoms with E-state index in [1.165, 1.54) is 0 Å². The zero-order chi connectivity index (χ0) is 19.4. The Morgan fingerprint density at radius 2 is 1.93 bits per heavy atom. The molecule has 0 N–H and O–H groups in total. The van der Waals surface area contributed by atoms with Gasteiger partial charge in [0.25, 0.3) is 0 Å². The number of benzene rings is 1. The van der Waals surface area contributed by atoms with E-state index in [-0.39, 0.29) is 23.8 Å². The average Bonchev–Trinajstić information content (AvgIpc) is 3.03. The molecule has 1 aromatic carbocycles. The Morgan fingerprint density at radius 1 is 1.22 bits per heavy atom. The third-order valence-electron chi connectivity index (χ3n) is 5.52. The van der Waals surface area contributed by atoms with Crippen molar-refractivity contribution < 1.29 is 14.3 Å². The second-order valence-corrected chi connectivity index (χ2v) is 7.95. The van der Waals surface area contributed by atoms with Gasteiger partial charge in [0, 0.05) is 52.0 Å². The lowest BCUT2D eigenvalue weighted by Gasteiger charge is -2.33. The van der Waals surface area contributed by atoms with E-state index in [0.29, 0.717) is 32.6 Å². The zero-order valence-corrected chi connectivity index (χ0v) is 16.7. The number of hydrogen-bond donors (Lipinski definition) is 0. The molecule has 0 spiro atoms. The number of carbonyl (C=O) groups excluding carboxylic acids is 2. The van der Waals surface area contributed by atoms with Crippen LogP contribution in [0.1, 0.15) is 24.8 Å². The molecule has 148 valence electrons. The summed E-state index contributed by atoms with van der Waals surface area (Å²) >= 11 is 0. The van der Waals surface area contributed by atoms with Crippen LogP contribution in [0.15, 0.2) is 24.3 Å². The summed E-state index contributed by atoms with van der Waals surface area (Å²) in [6, 6.07) is 8.04. The monoisotopic (exact) mass is 373 g/mol. The van der Waals surface area contributed by atoms with Crippen LogP contribution in [0.5, 0.6) is 5.75 Å². The molecule has 2 heterocycles. The molecule has 0 aromatic heterocycles. The van der Waals surface area contributed by atoms with E-state index in [2.05, 4.69) is 4.90 Å².